The largest absolute Gasteiger partial charge is 0.397 e. The Labute approximate surface area is 176 Å². The molecule has 0 aliphatic heterocycles. The first-order chi connectivity index (χ1) is 15.2. The number of aromatic nitrogens is 8. The Hall–Kier alpha value is -4.53. The van der Waals surface area contributed by atoms with E-state index in [9.17, 15) is 0 Å². The van der Waals surface area contributed by atoms with Gasteiger partial charge in [-0.05, 0) is 36.8 Å². The molecule has 6 aromatic rings. The summed E-state index contributed by atoms with van der Waals surface area (Å²) in [4.78, 5) is 21.0. The molecule has 0 bridgehead atoms. The second-order valence-electron chi connectivity index (χ2n) is 7.38. The van der Waals surface area contributed by atoms with E-state index in [4.69, 9.17) is 10.7 Å². The Bertz CT molecular complexity index is 1570. The lowest BCUT2D eigenvalue weighted by atomic mass is 10.0. The molecular weight excluding hydrogens is 390 g/mol. The summed E-state index contributed by atoms with van der Waals surface area (Å²) in [5.74, 6) is 0.640. The standard InChI is InChI=1S/C22H17N9/c1-12-10-31(11-26-12)18-4-5-25-21-20(18)27-22(28-21)19-16-7-13(2-3-17(16)29-30-19)14-6-15(23)9-24-8-14/h2-11H,23H2,1H3,(H,29,30)(H,25,27,28). The summed E-state index contributed by atoms with van der Waals surface area (Å²) in [6.07, 6.45) is 8.91. The molecule has 150 valence electrons. The maximum atomic E-state index is 5.91. The SMILES string of the molecule is Cc1cn(-c2ccnc3nc(-c4n[nH]c5ccc(-c6cncc(N)c6)cc45)[nH]c23)cn1. The molecule has 5 aromatic heterocycles. The van der Waals surface area contributed by atoms with Gasteiger partial charge in [0.25, 0.3) is 0 Å². The molecule has 31 heavy (non-hydrogen) atoms. The number of hydrogen-bond acceptors (Lipinski definition) is 6. The molecule has 0 fully saturated rings. The van der Waals surface area contributed by atoms with Gasteiger partial charge in [-0.25, -0.2) is 15.0 Å². The lowest BCUT2D eigenvalue weighted by Gasteiger charge is -2.03. The number of H-pyrrole nitrogens is 2. The third-order valence-electron chi connectivity index (χ3n) is 5.24. The number of hydrogen-bond donors (Lipinski definition) is 3. The van der Waals surface area contributed by atoms with Crippen LogP contribution in [-0.4, -0.2) is 39.7 Å². The summed E-state index contributed by atoms with van der Waals surface area (Å²) in [6.45, 7) is 1.95. The highest BCUT2D eigenvalue weighted by Crippen LogP contribution is 2.31. The maximum Gasteiger partial charge on any atom is 0.180 e. The molecule has 0 unspecified atom stereocenters. The maximum absolute atomic E-state index is 5.91. The van der Waals surface area contributed by atoms with Gasteiger partial charge in [-0.3, -0.25) is 10.1 Å². The number of imidazole rings is 2. The third kappa shape index (κ3) is 2.83. The zero-order valence-corrected chi connectivity index (χ0v) is 16.5. The quantitative estimate of drug-likeness (QED) is 0.411. The van der Waals surface area contributed by atoms with Crippen molar-refractivity contribution in [2.45, 2.75) is 6.92 Å². The fourth-order valence-electron chi connectivity index (χ4n) is 3.77. The van der Waals surface area contributed by atoms with Crippen molar-refractivity contribution in [3.8, 4) is 28.3 Å². The number of aromatic amines is 2. The van der Waals surface area contributed by atoms with Crippen molar-refractivity contribution in [3.63, 3.8) is 0 Å². The van der Waals surface area contributed by atoms with Gasteiger partial charge in [-0.15, -0.1) is 0 Å². The predicted octanol–water partition coefficient (Wildman–Crippen LogP) is 3.64. The van der Waals surface area contributed by atoms with Crippen LogP contribution in [0.1, 0.15) is 5.69 Å². The van der Waals surface area contributed by atoms with Gasteiger partial charge < -0.3 is 15.3 Å². The third-order valence-corrected chi connectivity index (χ3v) is 5.24. The van der Waals surface area contributed by atoms with Crippen molar-refractivity contribution >= 4 is 27.8 Å². The van der Waals surface area contributed by atoms with Crippen LogP contribution in [0.15, 0.2) is 61.4 Å². The number of fused-ring (bicyclic) bond motifs is 2. The first-order valence-corrected chi connectivity index (χ1v) is 9.71. The molecule has 0 saturated carbocycles. The highest BCUT2D eigenvalue weighted by molar-refractivity contribution is 5.96. The lowest BCUT2D eigenvalue weighted by Crippen LogP contribution is -1.92. The van der Waals surface area contributed by atoms with Crippen molar-refractivity contribution in [3.05, 3.63) is 67.1 Å². The molecule has 0 aliphatic rings. The highest BCUT2D eigenvalue weighted by atomic mass is 15.1. The topological polar surface area (TPSA) is 127 Å². The van der Waals surface area contributed by atoms with Gasteiger partial charge in [0.1, 0.15) is 11.2 Å². The van der Waals surface area contributed by atoms with Crippen molar-refractivity contribution in [1.29, 1.82) is 0 Å². The summed E-state index contributed by atoms with van der Waals surface area (Å²) < 4.78 is 1.95. The van der Waals surface area contributed by atoms with E-state index >= 15 is 0 Å². The minimum Gasteiger partial charge on any atom is -0.397 e. The molecule has 9 nitrogen and oxygen atoms in total. The van der Waals surface area contributed by atoms with Crippen LogP contribution < -0.4 is 5.73 Å². The summed E-state index contributed by atoms with van der Waals surface area (Å²) in [5, 5.41) is 8.54. The molecule has 0 spiro atoms. The summed E-state index contributed by atoms with van der Waals surface area (Å²) in [6, 6.07) is 9.90. The number of nitrogens with one attached hydrogen (secondary N) is 2. The van der Waals surface area contributed by atoms with E-state index in [0.29, 0.717) is 17.2 Å². The number of rotatable bonds is 3. The molecule has 5 heterocycles. The van der Waals surface area contributed by atoms with E-state index in [2.05, 4.69) is 36.2 Å². The van der Waals surface area contributed by atoms with Crippen LogP contribution in [0.5, 0.6) is 0 Å². The molecule has 9 heteroatoms. The molecule has 0 atom stereocenters. The van der Waals surface area contributed by atoms with Gasteiger partial charge in [0.05, 0.1) is 28.9 Å². The Balaban J connectivity index is 1.51. The van der Waals surface area contributed by atoms with Gasteiger partial charge in [-0.1, -0.05) is 6.07 Å². The van der Waals surface area contributed by atoms with Crippen LogP contribution >= 0.6 is 0 Å². The second kappa shape index (κ2) is 6.49. The predicted molar refractivity (Wildman–Crippen MR) is 118 cm³/mol. The van der Waals surface area contributed by atoms with Crippen LogP contribution in [0.3, 0.4) is 0 Å². The van der Waals surface area contributed by atoms with E-state index < -0.39 is 0 Å². The highest BCUT2D eigenvalue weighted by Gasteiger charge is 2.16. The minimum absolute atomic E-state index is 0.617. The molecule has 4 N–H and O–H groups in total. The number of benzene rings is 1. The molecule has 1 aromatic carbocycles. The summed E-state index contributed by atoms with van der Waals surface area (Å²) in [5.41, 5.74) is 13.4. The van der Waals surface area contributed by atoms with Crippen LogP contribution in [0, 0.1) is 6.92 Å². The number of anilines is 1. The van der Waals surface area contributed by atoms with Crippen molar-refractivity contribution in [1.82, 2.24) is 39.7 Å². The van der Waals surface area contributed by atoms with E-state index in [1.807, 2.05) is 42.0 Å². The normalized spacial score (nSPS) is 11.5. The Morgan fingerprint density at radius 3 is 2.81 bits per heavy atom. The zero-order valence-electron chi connectivity index (χ0n) is 16.5. The monoisotopic (exact) mass is 407 g/mol. The van der Waals surface area contributed by atoms with E-state index in [-0.39, 0.29) is 0 Å². The van der Waals surface area contributed by atoms with Gasteiger partial charge in [-0.2, -0.15) is 5.10 Å². The molecule has 0 saturated heterocycles. The molecular formula is C22H17N9. The van der Waals surface area contributed by atoms with Crippen molar-refractivity contribution < 1.29 is 0 Å². The average Bonchev–Trinajstić information content (AvgIpc) is 3.50. The second-order valence-corrected chi connectivity index (χ2v) is 7.38. The lowest BCUT2D eigenvalue weighted by molar-refractivity contribution is 1.06. The fourth-order valence-corrected chi connectivity index (χ4v) is 3.77. The Morgan fingerprint density at radius 2 is 1.97 bits per heavy atom. The first kappa shape index (κ1) is 17.3. The number of nitrogens with zero attached hydrogens (tertiary/aromatic N) is 6. The van der Waals surface area contributed by atoms with Gasteiger partial charge >= 0.3 is 0 Å². The zero-order chi connectivity index (χ0) is 20.9. The van der Waals surface area contributed by atoms with Crippen LogP contribution in [0.4, 0.5) is 5.69 Å². The summed E-state index contributed by atoms with van der Waals surface area (Å²) in [7, 11) is 0. The number of nitrogen functional groups attached to an aromatic ring is 1. The summed E-state index contributed by atoms with van der Waals surface area (Å²) >= 11 is 0. The fraction of sp³-hybridized carbons (Fsp3) is 0.0455. The Morgan fingerprint density at radius 1 is 1.03 bits per heavy atom. The van der Waals surface area contributed by atoms with E-state index in [1.54, 1.807) is 24.9 Å². The number of pyridine rings is 2. The first-order valence-electron chi connectivity index (χ1n) is 9.71. The van der Waals surface area contributed by atoms with Crippen LogP contribution in [0.25, 0.3) is 50.4 Å². The minimum atomic E-state index is 0.617. The van der Waals surface area contributed by atoms with Crippen LogP contribution in [-0.2, 0) is 0 Å². The Kier molecular flexibility index (Phi) is 3.63. The average molecular weight is 407 g/mol. The van der Waals surface area contributed by atoms with Crippen LogP contribution in [0.2, 0.25) is 0 Å². The smallest absolute Gasteiger partial charge is 0.180 e. The molecule has 0 aliphatic carbocycles. The van der Waals surface area contributed by atoms with E-state index in [1.165, 1.54) is 0 Å². The van der Waals surface area contributed by atoms with Crippen molar-refractivity contribution in [2.75, 3.05) is 5.73 Å². The van der Waals surface area contributed by atoms with Crippen molar-refractivity contribution in [2.24, 2.45) is 0 Å². The van der Waals surface area contributed by atoms with Gasteiger partial charge in [0.15, 0.2) is 11.5 Å². The van der Waals surface area contributed by atoms with Gasteiger partial charge in [0.2, 0.25) is 0 Å². The van der Waals surface area contributed by atoms with E-state index in [0.717, 1.165) is 44.6 Å². The molecule has 0 amide bonds. The molecule has 6 rings (SSSR count). The number of aryl methyl sites for hydroxylation is 1. The van der Waals surface area contributed by atoms with Gasteiger partial charge in [0, 0.05) is 35.7 Å². The molecule has 0 radical (unpaired) electrons. The number of nitrogens with two attached hydrogens (primary N) is 1.